The Bertz CT molecular complexity index is 685. The molecule has 0 saturated carbocycles. The van der Waals surface area contributed by atoms with Gasteiger partial charge in [-0.15, -0.1) is 0 Å². The van der Waals surface area contributed by atoms with E-state index in [9.17, 15) is 9.59 Å². The lowest BCUT2D eigenvalue weighted by atomic mass is 10.1. The van der Waals surface area contributed by atoms with Crippen LogP contribution >= 0.6 is 0 Å². The van der Waals surface area contributed by atoms with E-state index < -0.39 is 6.04 Å². The summed E-state index contributed by atoms with van der Waals surface area (Å²) in [6.07, 6.45) is 0.104. The highest BCUT2D eigenvalue weighted by molar-refractivity contribution is 6.04. The Balaban J connectivity index is 1.57. The van der Waals surface area contributed by atoms with Crippen LogP contribution in [0.2, 0.25) is 0 Å². The van der Waals surface area contributed by atoms with Gasteiger partial charge in [0.05, 0.1) is 17.8 Å². The molecule has 2 aromatic rings. The van der Waals surface area contributed by atoms with Crippen LogP contribution in [-0.2, 0) is 16.1 Å². The molecule has 22 heavy (non-hydrogen) atoms. The van der Waals surface area contributed by atoms with Gasteiger partial charge in [0.2, 0.25) is 11.8 Å². The average molecular weight is 295 g/mol. The van der Waals surface area contributed by atoms with Crippen LogP contribution in [0.15, 0.2) is 54.6 Å². The largest absolute Gasteiger partial charge is 0.372 e. The van der Waals surface area contributed by atoms with Crippen molar-refractivity contribution in [3.63, 3.8) is 0 Å². The number of carbonyl (C=O) groups excluding carboxylic acids is 2. The first-order valence-electron chi connectivity index (χ1n) is 7.19. The van der Waals surface area contributed by atoms with Crippen LogP contribution in [-0.4, -0.2) is 17.9 Å². The lowest BCUT2D eigenvalue weighted by Crippen LogP contribution is -2.42. The Morgan fingerprint density at radius 1 is 1.00 bits per heavy atom. The van der Waals surface area contributed by atoms with Crippen molar-refractivity contribution < 1.29 is 9.59 Å². The van der Waals surface area contributed by atoms with Crippen LogP contribution in [0.4, 0.5) is 11.4 Å². The van der Waals surface area contributed by atoms with Gasteiger partial charge in [0.15, 0.2) is 0 Å². The van der Waals surface area contributed by atoms with Gasteiger partial charge in [0.25, 0.3) is 0 Å². The summed E-state index contributed by atoms with van der Waals surface area (Å²) in [5.74, 6) is -0.343. The zero-order chi connectivity index (χ0) is 15.4. The minimum Gasteiger partial charge on any atom is -0.372 e. The molecule has 0 radical (unpaired) electrons. The summed E-state index contributed by atoms with van der Waals surface area (Å²) in [5, 5.41) is 8.74. The summed E-state index contributed by atoms with van der Waals surface area (Å²) in [6.45, 7) is 0.463. The molecule has 1 atom stereocenters. The molecule has 0 spiro atoms. The normalized spacial score (nSPS) is 16.2. The second kappa shape index (κ2) is 6.30. The minimum atomic E-state index is -0.550. The monoisotopic (exact) mass is 295 g/mol. The van der Waals surface area contributed by atoms with E-state index >= 15 is 0 Å². The first-order valence-corrected chi connectivity index (χ1v) is 7.19. The molecule has 0 bridgehead atoms. The van der Waals surface area contributed by atoms with Gasteiger partial charge in [0.1, 0.15) is 6.04 Å². The Morgan fingerprint density at radius 3 is 2.45 bits per heavy atom. The Labute approximate surface area is 128 Å². The van der Waals surface area contributed by atoms with Gasteiger partial charge in [-0.05, 0) is 17.7 Å². The van der Waals surface area contributed by atoms with Gasteiger partial charge < -0.3 is 16.0 Å². The predicted molar refractivity (Wildman–Crippen MR) is 85.4 cm³/mol. The average Bonchev–Trinajstić information content (AvgIpc) is 2.55. The van der Waals surface area contributed by atoms with Crippen molar-refractivity contribution in [1.82, 2.24) is 5.32 Å². The highest BCUT2D eigenvalue weighted by Gasteiger charge is 2.27. The zero-order valence-corrected chi connectivity index (χ0v) is 12.0. The minimum absolute atomic E-state index is 0.104. The van der Waals surface area contributed by atoms with E-state index in [0.717, 1.165) is 16.9 Å². The van der Waals surface area contributed by atoms with E-state index in [4.69, 9.17) is 0 Å². The Kier molecular flexibility index (Phi) is 4.05. The molecule has 0 saturated heterocycles. The van der Waals surface area contributed by atoms with Gasteiger partial charge in [-0.1, -0.05) is 42.5 Å². The number of fused-ring (bicyclic) bond motifs is 1. The number of amides is 2. The molecular formula is C17H17N3O2. The number of hydrogen-bond acceptors (Lipinski definition) is 3. The van der Waals surface area contributed by atoms with Gasteiger partial charge >= 0.3 is 0 Å². The number of hydrogen-bond donors (Lipinski definition) is 3. The molecule has 0 aromatic heterocycles. The van der Waals surface area contributed by atoms with Crippen molar-refractivity contribution in [2.45, 2.75) is 19.0 Å². The topological polar surface area (TPSA) is 70.2 Å². The smallest absolute Gasteiger partial charge is 0.247 e. The molecule has 3 N–H and O–H groups in total. The molecule has 2 amide bonds. The molecule has 5 nitrogen and oxygen atoms in total. The second-order valence-electron chi connectivity index (χ2n) is 5.20. The summed E-state index contributed by atoms with van der Waals surface area (Å²) in [4.78, 5) is 24.0. The molecule has 1 aliphatic rings. The summed E-state index contributed by atoms with van der Waals surface area (Å²) >= 11 is 0. The highest BCUT2D eigenvalue weighted by Crippen LogP contribution is 2.26. The third kappa shape index (κ3) is 3.25. The van der Waals surface area contributed by atoms with E-state index in [1.165, 1.54) is 0 Å². The lowest BCUT2D eigenvalue weighted by Gasteiger charge is -2.26. The molecule has 5 heteroatoms. The zero-order valence-electron chi connectivity index (χ0n) is 12.0. The van der Waals surface area contributed by atoms with Gasteiger partial charge in [-0.3, -0.25) is 9.59 Å². The van der Waals surface area contributed by atoms with E-state index in [2.05, 4.69) is 16.0 Å². The standard InChI is InChI=1S/C17H17N3O2/c21-16(18-11-12-6-2-1-3-7-12)10-15-17(22)20-14-9-5-4-8-13(14)19-15/h1-9,15,19H,10-11H2,(H,18,21)(H,20,22). The van der Waals surface area contributed by atoms with Crippen LogP contribution in [0.25, 0.3) is 0 Å². The van der Waals surface area contributed by atoms with Crippen molar-refractivity contribution in [1.29, 1.82) is 0 Å². The van der Waals surface area contributed by atoms with Crippen molar-refractivity contribution >= 4 is 23.2 Å². The van der Waals surface area contributed by atoms with E-state index in [1.807, 2.05) is 54.6 Å². The van der Waals surface area contributed by atoms with Gasteiger partial charge in [-0.25, -0.2) is 0 Å². The third-order valence-electron chi connectivity index (χ3n) is 3.55. The van der Waals surface area contributed by atoms with Crippen LogP contribution in [0, 0.1) is 0 Å². The second-order valence-corrected chi connectivity index (χ2v) is 5.20. The summed E-state index contributed by atoms with van der Waals surface area (Å²) in [7, 11) is 0. The first kappa shape index (κ1) is 14.1. The fourth-order valence-corrected chi connectivity index (χ4v) is 2.39. The number of benzene rings is 2. The Hall–Kier alpha value is -2.82. The highest BCUT2D eigenvalue weighted by atomic mass is 16.2. The maximum atomic E-state index is 12.0. The number of para-hydroxylation sites is 2. The fourth-order valence-electron chi connectivity index (χ4n) is 2.39. The SMILES string of the molecule is O=C(CC1Nc2ccccc2NC1=O)NCc1ccccc1. The molecule has 1 aliphatic heterocycles. The predicted octanol–water partition coefficient (Wildman–Crippen LogP) is 2.13. The molecule has 1 unspecified atom stereocenters. The van der Waals surface area contributed by atoms with E-state index in [0.29, 0.717) is 6.54 Å². The van der Waals surface area contributed by atoms with Crippen LogP contribution in [0.1, 0.15) is 12.0 Å². The maximum absolute atomic E-state index is 12.0. The summed E-state index contributed by atoms with van der Waals surface area (Å²) in [6, 6.07) is 16.6. The van der Waals surface area contributed by atoms with Crippen LogP contribution < -0.4 is 16.0 Å². The van der Waals surface area contributed by atoms with Gasteiger partial charge in [0, 0.05) is 6.54 Å². The van der Waals surface area contributed by atoms with Crippen molar-refractivity contribution in [3.05, 3.63) is 60.2 Å². The molecule has 0 fully saturated rings. The molecule has 112 valence electrons. The quantitative estimate of drug-likeness (QED) is 0.809. The van der Waals surface area contributed by atoms with Crippen molar-refractivity contribution in [3.8, 4) is 0 Å². The third-order valence-corrected chi connectivity index (χ3v) is 3.55. The fraction of sp³-hybridized carbons (Fsp3) is 0.176. The van der Waals surface area contributed by atoms with Crippen LogP contribution in [0.5, 0.6) is 0 Å². The number of carbonyl (C=O) groups is 2. The number of rotatable bonds is 4. The molecule has 1 heterocycles. The number of anilines is 2. The van der Waals surface area contributed by atoms with Crippen molar-refractivity contribution in [2.75, 3.05) is 10.6 Å². The van der Waals surface area contributed by atoms with Gasteiger partial charge in [-0.2, -0.15) is 0 Å². The summed E-state index contributed by atoms with van der Waals surface area (Å²) in [5.41, 5.74) is 2.61. The van der Waals surface area contributed by atoms with Crippen LogP contribution in [0.3, 0.4) is 0 Å². The number of nitrogens with one attached hydrogen (secondary N) is 3. The molecule has 0 aliphatic carbocycles. The maximum Gasteiger partial charge on any atom is 0.247 e. The summed E-state index contributed by atoms with van der Waals surface area (Å²) < 4.78 is 0. The van der Waals surface area contributed by atoms with E-state index in [-0.39, 0.29) is 18.2 Å². The molecule has 3 rings (SSSR count). The van der Waals surface area contributed by atoms with Crippen molar-refractivity contribution in [2.24, 2.45) is 0 Å². The Morgan fingerprint density at radius 2 is 1.68 bits per heavy atom. The first-order chi connectivity index (χ1) is 10.7. The molecule has 2 aromatic carbocycles. The lowest BCUT2D eigenvalue weighted by molar-refractivity contribution is -0.125. The molecular weight excluding hydrogens is 278 g/mol. The van der Waals surface area contributed by atoms with E-state index in [1.54, 1.807) is 0 Å².